The van der Waals surface area contributed by atoms with Crippen LogP contribution in [0.15, 0.2) is 47.4 Å². The van der Waals surface area contributed by atoms with E-state index in [-0.39, 0.29) is 10.8 Å². The number of carbonyl (C=O) groups excluding carboxylic acids is 1. The maximum Gasteiger partial charge on any atom is 0.261 e. The van der Waals surface area contributed by atoms with E-state index in [1.165, 1.54) is 42.6 Å². The number of fused-ring (bicyclic) bond motifs is 1. The first-order chi connectivity index (χ1) is 11.4. The van der Waals surface area contributed by atoms with E-state index in [1.807, 2.05) is 6.92 Å². The Labute approximate surface area is 143 Å². The van der Waals surface area contributed by atoms with Gasteiger partial charge in [-0.15, -0.1) is 11.3 Å². The lowest BCUT2D eigenvalue weighted by molar-refractivity contribution is 0.0963. The van der Waals surface area contributed by atoms with Crippen LogP contribution in [-0.4, -0.2) is 26.4 Å². The minimum absolute atomic E-state index is 0.0933. The summed E-state index contributed by atoms with van der Waals surface area (Å²) < 4.78 is 28.4. The van der Waals surface area contributed by atoms with E-state index in [2.05, 4.69) is 15.0 Å². The maximum absolute atomic E-state index is 12.5. The zero-order valence-electron chi connectivity index (χ0n) is 13.0. The van der Waals surface area contributed by atoms with E-state index in [0.717, 1.165) is 15.2 Å². The summed E-state index contributed by atoms with van der Waals surface area (Å²) >= 11 is 1.51. The molecule has 0 atom stereocenters. The largest absolute Gasteiger partial charge is 0.355 e. The standard InChI is InChI=1S/C16H15N3O3S2/c1-10-18-14-8-5-12(9-15(14)23-10)19-24(21,22)13-6-3-11(4-7-13)16(20)17-2/h3-9,19H,1-2H3,(H,17,20). The van der Waals surface area contributed by atoms with Gasteiger partial charge in [-0.25, -0.2) is 13.4 Å². The van der Waals surface area contributed by atoms with Gasteiger partial charge in [0.1, 0.15) is 0 Å². The van der Waals surface area contributed by atoms with Gasteiger partial charge < -0.3 is 5.32 Å². The maximum atomic E-state index is 12.5. The van der Waals surface area contributed by atoms with E-state index in [0.29, 0.717) is 11.3 Å². The summed E-state index contributed by atoms with van der Waals surface area (Å²) in [5.74, 6) is -0.266. The van der Waals surface area contributed by atoms with Gasteiger partial charge in [0.05, 0.1) is 25.8 Å². The van der Waals surface area contributed by atoms with Crippen LogP contribution in [0.4, 0.5) is 5.69 Å². The lowest BCUT2D eigenvalue weighted by Gasteiger charge is -2.08. The Hall–Kier alpha value is -2.45. The van der Waals surface area contributed by atoms with Crippen LogP contribution in [0.5, 0.6) is 0 Å². The monoisotopic (exact) mass is 361 g/mol. The molecule has 2 aromatic carbocycles. The van der Waals surface area contributed by atoms with Crippen molar-refractivity contribution in [3.63, 3.8) is 0 Å². The Bertz CT molecular complexity index is 1010. The number of rotatable bonds is 4. The molecule has 0 fully saturated rings. The zero-order valence-corrected chi connectivity index (χ0v) is 14.7. The molecule has 0 aliphatic rings. The number of nitrogens with zero attached hydrogens (tertiary/aromatic N) is 1. The van der Waals surface area contributed by atoms with Crippen LogP contribution in [0.1, 0.15) is 15.4 Å². The second-order valence-electron chi connectivity index (χ2n) is 5.12. The highest BCUT2D eigenvalue weighted by Gasteiger charge is 2.15. The minimum atomic E-state index is -3.72. The predicted octanol–water partition coefficient (Wildman–Crippen LogP) is 2.77. The molecule has 0 saturated carbocycles. The number of benzene rings is 2. The van der Waals surface area contributed by atoms with Gasteiger partial charge in [-0.2, -0.15) is 0 Å². The number of aryl methyl sites for hydroxylation is 1. The molecule has 0 aliphatic carbocycles. The van der Waals surface area contributed by atoms with Gasteiger partial charge in [-0.3, -0.25) is 9.52 Å². The van der Waals surface area contributed by atoms with Gasteiger partial charge in [0, 0.05) is 12.6 Å². The molecular weight excluding hydrogens is 346 g/mol. The van der Waals surface area contributed by atoms with Crippen LogP contribution < -0.4 is 10.0 Å². The number of sulfonamides is 1. The molecule has 6 nitrogen and oxygen atoms in total. The van der Waals surface area contributed by atoms with Crippen LogP contribution in [0, 0.1) is 6.92 Å². The molecule has 1 aromatic heterocycles. The van der Waals surface area contributed by atoms with Gasteiger partial charge in [-0.05, 0) is 49.4 Å². The second kappa shape index (κ2) is 6.21. The SMILES string of the molecule is CNC(=O)c1ccc(S(=O)(=O)Nc2ccc3nc(C)sc3c2)cc1. The Morgan fingerprint density at radius 2 is 1.83 bits per heavy atom. The molecule has 0 aliphatic heterocycles. The first-order valence-corrected chi connectivity index (χ1v) is 9.41. The molecule has 8 heteroatoms. The van der Waals surface area contributed by atoms with Crippen LogP contribution >= 0.6 is 11.3 Å². The Kier molecular flexibility index (Phi) is 4.25. The van der Waals surface area contributed by atoms with Gasteiger partial charge in [-0.1, -0.05) is 0 Å². The third-order valence-electron chi connectivity index (χ3n) is 3.40. The predicted molar refractivity (Wildman–Crippen MR) is 95.0 cm³/mol. The molecule has 3 aromatic rings. The number of hydrogen-bond donors (Lipinski definition) is 2. The fraction of sp³-hybridized carbons (Fsp3) is 0.125. The van der Waals surface area contributed by atoms with Crippen molar-refractivity contribution in [2.45, 2.75) is 11.8 Å². The molecule has 124 valence electrons. The lowest BCUT2D eigenvalue weighted by atomic mass is 10.2. The van der Waals surface area contributed by atoms with Gasteiger partial charge in [0.25, 0.3) is 15.9 Å². The molecule has 0 spiro atoms. The fourth-order valence-electron chi connectivity index (χ4n) is 2.25. The van der Waals surface area contributed by atoms with Gasteiger partial charge in [0.2, 0.25) is 0 Å². The Morgan fingerprint density at radius 3 is 2.50 bits per heavy atom. The number of thiazole rings is 1. The summed E-state index contributed by atoms with van der Waals surface area (Å²) in [6.45, 7) is 1.91. The van der Waals surface area contributed by atoms with Crippen LogP contribution in [0.3, 0.4) is 0 Å². The van der Waals surface area contributed by atoms with E-state index < -0.39 is 10.0 Å². The number of hydrogen-bond acceptors (Lipinski definition) is 5. The fourth-order valence-corrected chi connectivity index (χ4v) is 4.16. The molecular formula is C16H15N3O3S2. The first kappa shape index (κ1) is 16.4. The molecule has 0 bridgehead atoms. The molecule has 0 unspecified atom stereocenters. The van der Waals surface area contributed by atoms with Crippen molar-refractivity contribution < 1.29 is 13.2 Å². The van der Waals surface area contributed by atoms with Crippen molar-refractivity contribution in [3.8, 4) is 0 Å². The smallest absolute Gasteiger partial charge is 0.261 e. The van der Waals surface area contributed by atoms with Crippen LogP contribution in [-0.2, 0) is 10.0 Å². The Balaban J connectivity index is 1.87. The van der Waals surface area contributed by atoms with Crippen LogP contribution in [0.25, 0.3) is 10.2 Å². The van der Waals surface area contributed by atoms with Crippen molar-refractivity contribution in [1.82, 2.24) is 10.3 Å². The third-order valence-corrected chi connectivity index (χ3v) is 5.73. The van der Waals surface area contributed by atoms with E-state index in [4.69, 9.17) is 0 Å². The molecule has 1 heterocycles. The summed E-state index contributed by atoms with van der Waals surface area (Å²) in [4.78, 5) is 16.0. The summed E-state index contributed by atoms with van der Waals surface area (Å²) in [6.07, 6.45) is 0. The zero-order chi connectivity index (χ0) is 17.3. The summed E-state index contributed by atoms with van der Waals surface area (Å²) in [7, 11) is -2.20. The van der Waals surface area contributed by atoms with Crippen molar-refractivity contribution in [1.29, 1.82) is 0 Å². The minimum Gasteiger partial charge on any atom is -0.355 e. The molecule has 1 amide bonds. The van der Waals surface area contributed by atoms with Crippen molar-refractivity contribution in [2.24, 2.45) is 0 Å². The van der Waals surface area contributed by atoms with Crippen LogP contribution in [0.2, 0.25) is 0 Å². The highest BCUT2D eigenvalue weighted by Crippen LogP contribution is 2.26. The average molecular weight is 361 g/mol. The topological polar surface area (TPSA) is 88.2 Å². The highest BCUT2D eigenvalue weighted by molar-refractivity contribution is 7.92. The average Bonchev–Trinajstić information content (AvgIpc) is 2.93. The van der Waals surface area contributed by atoms with Crippen molar-refractivity contribution >= 4 is 43.2 Å². The number of anilines is 1. The molecule has 0 saturated heterocycles. The van der Waals surface area contributed by atoms with Crippen molar-refractivity contribution in [2.75, 3.05) is 11.8 Å². The number of aromatic nitrogens is 1. The molecule has 2 N–H and O–H groups in total. The number of carbonyl (C=O) groups is 1. The summed E-state index contributed by atoms with van der Waals surface area (Å²) in [6, 6.07) is 11.0. The Morgan fingerprint density at radius 1 is 1.12 bits per heavy atom. The summed E-state index contributed by atoms with van der Waals surface area (Å²) in [5.41, 5.74) is 1.72. The molecule has 3 rings (SSSR count). The first-order valence-electron chi connectivity index (χ1n) is 7.11. The number of amides is 1. The van der Waals surface area contributed by atoms with Crippen molar-refractivity contribution in [3.05, 3.63) is 53.0 Å². The van der Waals surface area contributed by atoms with E-state index in [1.54, 1.807) is 18.2 Å². The quantitative estimate of drug-likeness (QED) is 0.748. The second-order valence-corrected chi connectivity index (χ2v) is 8.04. The van der Waals surface area contributed by atoms with E-state index >= 15 is 0 Å². The molecule has 24 heavy (non-hydrogen) atoms. The molecule has 0 radical (unpaired) electrons. The third kappa shape index (κ3) is 3.24. The lowest BCUT2D eigenvalue weighted by Crippen LogP contribution is -2.18. The number of nitrogens with one attached hydrogen (secondary N) is 2. The van der Waals surface area contributed by atoms with Gasteiger partial charge in [0.15, 0.2) is 0 Å². The highest BCUT2D eigenvalue weighted by atomic mass is 32.2. The summed E-state index contributed by atoms with van der Waals surface area (Å²) in [5, 5.41) is 3.42. The van der Waals surface area contributed by atoms with Gasteiger partial charge >= 0.3 is 0 Å². The normalized spacial score (nSPS) is 11.4. The van der Waals surface area contributed by atoms with E-state index in [9.17, 15) is 13.2 Å².